The number of aromatic nitrogens is 3. The number of rotatable bonds is 7. The van der Waals surface area contributed by atoms with Crippen LogP contribution >= 0.6 is 0 Å². The highest BCUT2D eigenvalue weighted by Gasteiger charge is 2.28. The molecule has 3 aromatic rings. The van der Waals surface area contributed by atoms with Gasteiger partial charge < -0.3 is 25.4 Å². The van der Waals surface area contributed by atoms with E-state index in [2.05, 4.69) is 44.0 Å². The Kier molecular flexibility index (Phi) is 5.91. The molecule has 0 spiro atoms. The number of piperazine rings is 1. The zero-order valence-electron chi connectivity index (χ0n) is 19.9. The van der Waals surface area contributed by atoms with Gasteiger partial charge in [0, 0.05) is 43.4 Å². The predicted octanol–water partition coefficient (Wildman–Crippen LogP) is 3.70. The van der Waals surface area contributed by atoms with E-state index in [0.29, 0.717) is 18.5 Å². The molecule has 2 aromatic heterocycles. The molecule has 1 saturated carbocycles. The van der Waals surface area contributed by atoms with Crippen LogP contribution < -0.4 is 20.9 Å². The van der Waals surface area contributed by atoms with Gasteiger partial charge in [-0.3, -0.25) is 4.99 Å². The van der Waals surface area contributed by atoms with Crippen molar-refractivity contribution in [3.8, 4) is 11.3 Å². The highest BCUT2D eigenvalue weighted by atomic mass is 16.5. The molecule has 4 heterocycles. The number of nitrogens with one attached hydrogen (secondary N) is 3. The zero-order chi connectivity index (χ0) is 23.6. The van der Waals surface area contributed by atoms with E-state index in [9.17, 15) is 0 Å². The Morgan fingerprint density at radius 2 is 2.03 bits per heavy atom. The topological polar surface area (TPSA) is 104 Å². The van der Waals surface area contributed by atoms with Crippen LogP contribution in [0.3, 0.4) is 0 Å². The van der Waals surface area contributed by atoms with E-state index in [1.807, 2.05) is 42.5 Å². The quantitative estimate of drug-likeness (QED) is 0.480. The van der Waals surface area contributed by atoms with E-state index in [-0.39, 0.29) is 0 Å². The van der Waals surface area contributed by atoms with Crippen LogP contribution in [0.25, 0.3) is 11.3 Å². The van der Waals surface area contributed by atoms with Crippen molar-refractivity contribution in [2.24, 2.45) is 10.9 Å². The summed E-state index contributed by atoms with van der Waals surface area (Å²) >= 11 is 0. The smallest absolute Gasteiger partial charge is 0.227 e. The first kappa shape index (κ1) is 21.8. The first-order valence-corrected chi connectivity index (χ1v) is 12.3. The lowest BCUT2D eigenvalue weighted by Crippen LogP contribution is -2.49. The summed E-state index contributed by atoms with van der Waals surface area (Å²) in [4.78, 5) is 16.5. The molecule has 9 heteroatoms. The summed E-state index contributed by atoms with van der Waals surface area (Å²) in [6.07, 6.45) is 4.75. The first-order valence-electron chi connectivity index (χ1n) is 12.3. The SMILES string of the molecule is C[C@H]1CN(c2cc(NC3=NCC(C4CC4)=C3)nc(NCc3cc(-c4ccccc4)no3)n2)CCN1. The van der Waals surface area contributed by atoms with Crippen molar-refractivity contribution < 1.29 is 4.52 Å². The number of hydrogen-bond acceptors (Lipinski definition) is 9. The fourth-order valence-electron chi connectivity index (χ4n) is 4.54. The van der Waals surface area contributed by atoms with Gasteiger partial charge in [-0.15, -0.1) is 0 Å². The molecule has 180 valence electrons. The van der Waals surface area contributed by atoms with Crippen LogP contribution in [0, 0.1) is 5.92 Å². The maximum atomic E-state index is 5.55. The summed E-state index contributed by atoms with van der Waals surface area (Å²) in [5.41, 5.74) is 3.26. The second kappa shape index (κ2) is 9.50. The average Bonchev–Trinajstić information content (AvgIpc) is 3.44. The molecular formula is C26H30N8O. The molecule has 3 aliphatic rings. The zero-order valence-corrected chi connectivity index (χ0v) is 19.9. The Labute approximate surface area is 204 Å². The molecule has 9 nitrogen and oxygen atoms in total. The minimum atomic E-state index is 0.403. The molecule has 1 aliphatic carbocycles. The maximum absolute atomic E-state index is 5.55. The Morgan fingerprint density at radius 1 is 1.14 bits per heavy atom. The van der Waals surface area contributed by atoms with Crippen molar-refractivity contribution in [1.82, 2.24) is 20.4 Å². The second-order valence-corrected chi connectivity index (χ2v) is 9.45. The fraction of sp³-hybridized carbons (Fsp3) is 0.385. The fourth-order valence-corrected chi connectivity index (χ4v) is 4.54. The van der Waals surface area contributed by atoms with Gasteiger partial charge in [0.25, 0.3) is 0 Å². The van der Waals surface area contributed by atoms with Gasteiger partial charge in [-0.1, -0.05) is 35.5 Å². The molecule has 1 saturated heterocycles. The van der Waals surface area contributed by atoms with Crippen LogP contribution in [0.4, 0.5) is 17.6 Å². The Balaban J connectivity index is 1.20. The first-order chi connectivity index (χ1) is 17.2. The Bertz CT molecular complexity index is 1250. The van der Waals surface area contributed by atoms with Crippen LogP contribution in [0.5, 0.6) is 0 Å². The van der Waals surface area contributed by atoms with E-state index >= 15 is 0 Å². The lowest BCUT2D eigenvalue weighted by Gasteiger charge is -2.33. The molecule has 2 fully saturated rings. The van der Waals surface area contributed by atoms with Crippen LogP contribution in [-0.4, -0.2) is 53.2 Å². The lowest BCUT2D eigenvalue weighted by atomic mass is 10.1. The Morgan fingerprint density at radius 3 is 2.86 bits per heavy atom. The number of nitrogens with zero attached hydrogens (tertiary/aromatic N) is 5. The van der Waals surface area contributed by atoms with Crippen molar-refractivity contribution in [1.29, 1.82) is 0 Å². The largest absolute Gasteiger partial charge is 0.359 e. The van der Waals surface area contributed by atoms with Crippen LogP contribution in [0.15, 0.2) is 63.6 Å². The molecule has 0 bridgehead atoms. The molecular weight excluding hydrogens is 440 g/mol. The minimum absolute atomic E-state index is 0.403. The van der Waals surface area contributed by atoms with E-state index in [1.54, 1.807) is 0 Å². The third-order valence-electron chi connectivity index (χ3n) is 6.57. The number of aliphatic imine (C=N–C) groups is 1. The van der Waals surface area contributed by atoms with Gasteiger partial charge in [0.1, 0.15) is 23.2 Å². The molecule has 1 atom stereocenters. The van der Waals surface area contributed by atoms with E-state index in [0.717, 1.165) is 66.6 Å². The summed E-state index contributed by atoms with van der Waals surface area (Å²) in [7, 11) is 0. The lowest BCUT2D eigenvalue weighted by molar-refractivity contribution is 0.390. The summed E-state index contributed by atoms with van der Waals surface area (Å²) in [6, 6.07) is 14.4. The van der Waals surface area contributed by atoms with Crippen molar-refractivity contribution in [2.75, 3.05) is 41.7 Å². The molecule has 0 amide bonds. The van der Waals surface area contributed by atoms with Gasteiger partial charge in [0.2, 0.25) is 5.95 Å². The van der Waals surface area contributed by atoms with Gasteiger partial charge in [-0.25, -0.2) is 0 Å². The molecule has 0 radical (unpaired) electrons. The van der Waals surface area contributed by atoms with Crippen molar-refractivity contribution >= 4 is 23.4 Å². The maximum Gasteiger partial charge on any atom is 0.227 e. The highest BCUT2D eigenvalue weighted by molar-refractivity contribution is 6.05. The molecule has 6 rings (SSSR count). The van der Waals surface area contributed by atoms with Crippen LogP contribution in [0.1, 0.15) is 25.5 Å². The molecule has 0 unspecified atom stereocenters. The van der Waals surface area contributed by atoms with Gasteiger partial charge in [0.05, 0.1) is 13.1 Å². The van der Waals surface area contributed by atoms with Crippen molar-refractivity contribution in [2.45, 2.75) is 32.4 Å². The third kappa shape index (κ3) is 5.19. The van der Waals surface area contributed by atoms with Gasteiger partial charge in [-0.05, 0) is 37.3 Å². The number of anilines is 3. The molecule has 35 heavy (non-hydrogen) atoms. The molecule has 1 aromatic carbocycles. The van der Waals surface area contributed by atoms with E-state index < -0.39 is 0 Å². The summed E-state index contributed by atoms with van der Waals surface area (Å²) in [5, 5.41) is 14.4. The van der Waals surface area contributed by atoms with Gasteiger partial charge in [0.15, 0.2) is 5.76 Å². The van der Waals surface area contributed by atoms with E-state index in [1.165, 1.54) is 18.4 Å². The second-order valence-electron chi connectivity index (χ2n) is 9.45. The van der Waals surface area contributed by atoms with Gasteiger partial charge >= 0.3 is 0 Å². The average molecular weight is 471 g/mol. The van der Waals surface area contributed by atoms with E-state index in [4.69, 9.17) is 14.5 Å². The Hall–Kier alpha value is -3.72. The van der Waals surface area contributed by atoms with Gasteiger partial charge in [-0.2, -0.15) is 9.97 Å². The van der Waals surface area contributed by atoms with Crippen molar-refractivity contribution in [3.05, 3.63) is 59.9 Å². The summed E-state index contributed by atoms with van der Waals surface area (Å²) in [6.45, 7) is 6.14. The predicted molar refractivity (Wildman–Crippen MR) is 138 cm³/mol. The minimum Gasteiger partial charge on any atom is -0.359 e. The monoisotopic (exact) mass is 470 g/mol. The van der Waals surface area contributed by atoms with Crippen molar-refractivity contribution in [3.63, 3.8) is 0 Å². The number of amidine groups is 1. The normalized spacial score (nSPS) is 19.9. The standard InChI is InChI=1S/C26H30N8O/c1-17-16-34(10-9-27-17)25-13-24(30-23-11-20(14-28-23)18-7-8-18)31-26(32-25)29-15-21-12-22(33-35-21)19-5-3-2-4-6-19/h2-6,11-13,17-18,27H,7-10,14-16H2,1H3,(H2,28,29,30,31,32)/t17-/m0/s1. The highest BCUT2D eigenvalue weighted by Crippen LogP contribution is 2.38. The number of hydrogen-bond donors (Lipinski definition) is 3. The summed E-state index contributed by atoms with van der Waals surface area (Å²) in [5.74, 6) is 4.49. The summed E-state index contributed by atoms with van der Waals surface area (Å²) < 4.78 is 5.55. The molecule has 2 aliphatic heterocycles. The molecule has 3 N–H and O–H groups in total. The third-order valence-corrected chi connectivity index (χ3v) is 6.57. The van der Waals surface area contributed by atoms with Crippen LogP contribution in [0.2, 0.25) is 0 Å². The van der Waals surface area contributed by atoms with Crippen LogP contribution in [-0.2, 0) is 6.54 Å². The number of benzene rings is 1.